The Morgan fingerprint density at radius 2 is 1.72 bits per heavy atom. The molecule has 0 aliphatic carbocycles. The van der Waals surface area contributed by atoms with Crippen LogP contribution in [0.4, 0.5) is 24.7 Å². The molecule has 0 spiro atoms. The van der Waals surface area contributed by atoms with E-state index < -0.39 is 17.6 Å². The molecule has 2 aliphatic heterocycles. The summed E-state index contributed by atoms with van der Waals surface area (Å²) in [6.07, 6.45) is 1.25. The molecular formula is C31H28F3N7O2. The molecule has 0 bridgehead atoms. The fraction of sp³-hybridized carbons (Fsp3) is 0.323. The van der Waals surface area contributed by atoms with Crippen molar-refractivity contribution in [1.29, 1.82) is 5.26 Å². The number of piperidine rings is 1. The standard InChI is InChI=1S/C31H28F3N7O2/c32-26-5-1-20(15-25(26)30(43)41-13-11-40(12-14-41)28-6-2-21(18-35)19-36-28)16-27-24-17-22(3-4-23(24)29(42)38-37-27)39-9-7-31(33,34)8-10-39/h1-6,15,17,19H,7-14,16H2,(H,38,42). The highest BCUT2D eigenvalue weighted by atomic mass is 19.3. The third-order valence-corrected chi connectivity index (χ3v) is 8.11. The first-order valence-electron chi connectivity index (χ1n) is 14.0. The van der Waals surface area contributed by atoms with Crippen LogP contribution in [-0.4, -0.2) is 71.2 Å². The van der Waals surface area contributed by atoms with E-state index in [-0.39, 0.29) is 43.5 Å². The monoisotopic (exact) mass is 587 g/mol. The van der Waals surface area contributed by atoms with Crippen LogP contribution < -0.4 is 15.4 Å². The number of nitrogens with zero attached hydrogens (tertiary/aromatic N) is 6. The molecule has 2 aromatic carbocycles. The summed E-state index contributed by atoms with van der Waals surface area (Å²) in [7, 11) is 0. The number of rotatable bonds is 5. The summed E-state index contributed by atoms with van der Waals surface area (Å²) in [5.41, 5.74) is 1.92. The first-order chi connectivity index (χ1) is 20.7. The number of amides is 1. The molecule has 2 saturated heterocycles. The molecule has 1 N–H and O–H groups in total. The number of nitriles is 1. The number of hydrogen-bond acceptors (Lipinski definition) is 7. The topological polar surface area (TPSA) is 109 Å². The predicted octanol–water partition coefficient (Wildman–Crippen LogP) is 4.12. The highest BCUT2D eigenvalue weighted by molar-refractivity contribution is 5.95. The average Bonchev–Trinajstić information content (AvgIpc) is 3.03. The number of anilines is 2. The highest BCUT2D eigenvalue weighted by Gasteiger charge is 2.34. The molecule has 0 atom stereocenters. The number of H-pyrrole nitrogens is 1. The van der Waals surface area contributed by atoms with Crippen LogP contribution in [0.5, 0.6) is 0 Å². The number of fused-ring (bicyclic) bond motifs is 1. The zero-order valence-electron chi connectivity index (χ0n) is 23.2. The summed E-state index contributed by atoms with van der Waals surface area (Å²) in [6.45, 7) is 2.17. The number of alkyl halides is 2. The van der Waals surface area contributed by atoms with Gasteiger partial charge < -0.3 is 14.7 Å². The van der Waals surface area contributed by atoms with Gasteiger partial charge in [-0.25, -0.2) is 23.3 Å². The summed E-state index contributed by atoms with van der Waals surface area (Å²) in [6, 6.07) is 15.0. The Morgan fingerprint density at radius 1 is 0.953 bits per heavy atom. The lowest BCUT2D eigenvalue weighted by molar-refractivity contribution is -0.0220. The number of carbonyl (C=O) groups is 1. The predicted molar refractivity (Wildman–Crippen MR) is 155 cm³/mol. The van der Waals surface area contributed by atoms with E-state index in [9.17, 15) is 22.8 Å². The molecule has 4 aromatic rings. The zero-order chi connectivity index (χ0) is 30.1. The number of aromatic nitrogens is 3. The maximum Gasteiger partial charge on any atom is 0.272 e. The molecule has 2 fully saturated rings. The Morgan fingerprint density at radius 3 is 2.42 bits per heavy atom. The largest absolute Gasteiger partial charge is 0.371 e. The highest BCUT2D eigenvalue weighted by Crippen LogP contribution is 2.32. The van der Waals surface area contributed by atoms with Gasteiger partial charge in [-0.15, -0.1) is 0 Å². The number of piperazine rings is 1. The second-order valence-corrected chi connectivity index (χ2v) is 10.9. The molecule has 6 rings (SSSR count). The van der Waals surface area contributed by atoms with Crippen LogP contribution in [-0.2, 0) is 6.42 Å². The molecular weight excluding hydrogens is 559 g/mol. The lowest BCUT2D eigenvalue weighted by atomic mass is 10.0. The maximum absolute atomic E-state index is 14.9. The van der Waals surface area contributed by atoms with Gasteiger partial charge >= 0.3 is 0 Å². The van der Waals surface area contributed by atoms with Gasteiger partial charge in [-0.3, -0.25) is 9.59 Å². The Balaban J connectivity index is 1.20. The third-order valence-electron chi connectivity index (χ3n) is 8.11. The van der Waals surface area contributed by atoms with Crippen LogP contribution in [0.3, 0.4) is 0 Å². The third kappa shape index (κ3) is 5.88. The number of halogens is 3. The van der Waals surface area contributed by atoms with Gasteiger partial charge in [0.1, 0.15) is 17.7 Å². The van der Waals surface area contributed by atoms with Crippen molar-refractivity contribution in [3.05, 3.63) is 93.3 Å². The van der Waals surface area contributed by atoms with Gasteiger partial charge in [0.15, 0.2) is 0 Å². The lowest BCUT2D eigenvalue weighted by Crippen LogP contribution is -2.49. The summed E-state index contributed by atoms with van der Waals surface area (Å²) in [4.78, 5) is 35.7. The molecule has 0 radical (unpaired) electrons. The van der Waals surface area contributed by atoms with Crippen molar-refractivity contribution in [2.75, 3.05) is 49.1 Å². The summed E-state index contributed by atoms with van der Waals surface area (Å²) in [5.74, 6) is -3.02. The first kappa shape index (κ1) is 28.2. The minimum atomic E-state index is -2.68. The molecule has 43 heavy (non-hydrogen) atoms. The van der Waals surface area contributed by atoms with Crippen LogP contribution >= 0.6 is 0 Å². The van der Waals surface area contributed by atoms with Crippen LogP contribution in [0.25, 0.3) is 10.8 Å². The van der Waals surface area contributed by atoms with Crippen molar-refractivity contribution < 1.29 is 18.0 Å². The molecule has 4 heterocycles. The molecule has 2 aliphatic rings. The molecule has 9 nitrogen and oxygen atoms in total. The maximum atomic E-state index is 14.9. The lowest BCUT2D eigenvalue weighted by Gasteiger charge is -2.35. The van der Waals surface area contributed by atoms with E-state index in [4.69, 9.17) is 5.26 Å². The van der Waals surface area contributed by atoms with E-state index >= 15 is 0 Å². The number of hydrogen-bond donors (Lipinski definition) is 1. The van der Waals surface area contributed by atoms with E-state index in [0.717, 1.165) is 5.69 Å². The molecule has 1 amide bonds. The van der Waals surface area contributed by atoms with E-state index in [1.54, 1.807) is 41.3 Å². The molecule has 12 heteroatoms. The van der Waals surface area contributed by atoms with Crippen molar-refractivity contribution in [3.8, 4) is 6.07 Å². The van der Waals surface area contributed by atoms with Gasteiger partial charge in [0, 0.05) is 75.8 Å². The van der Waals surface area contributed by atoms with Crippen LogP contribution in [0.1, 0.15) is 40.0 Å². The fourth-order valence-corrected chi connectivity index (χ4v) is 5.62. The molecule has 2 aromatic heterocycles. The quantitative estimate of drug-likeness (QED) is 0.374. The van der Waals surface area contributed by atoms with E-state index in [0.29, 0.717) is 59.6 Å². The first-order valence-corrected chi connectivity index (χ1v) is 14.0. The SMILES string of the molecule is N#Cc1ccc(N2CCN(C(=O)c3cc(Cc4n[nH]c(=O)c5ccc(N6CCC(F)(F)CC6)cc45)ccc3F)CC2)nc1. The van der Waals surface area contributed by atoms with Gasteiger partial charge in [0.05, 0.1) is 22.2 Å². The van der Waals surface area contributed by atoms with Gasteiger partial charge in [0.2, 0.25) is 0 Å². The summed E-state index contributed by atoms with van der Waals surface area (Å²) < 4.78 is 42.3. The zero-order valence-corrected chi connectivity index (χ0v) is 23.2. The molecule has 0 saturated carbocycles. The van der Waals surface area contributed by atoms with Gasteiger partial charge in [-0.05, 0) is 48.0 Å². The molecule has 220 valence electrons. The summed E-state index contributed by atoms with van der Waals surface area (Å²) >= 11 is 0. The number of nitrogens with one attached hydrogen (secondary N) is 1. The molecule has 0 unspecified atom stereocenters. The summed E-state index contributed by atoms with van der Waals surface area (Å²) in [5, 5.41) is 16.7. The fourth-order valence-electron chi connectivity index (χ4n) is 5.62. The van der Waals surface area contributed by atoms with Crippen molar-refractivity contribution >= 4 is 28.2 Å². The minimum absolute atomic E-state index is 0.0499. The van der Waals surface area contributed by atoms with Crippen molar-refractivity contribution in [3.63, 3.8) is 0 Å². The number of aromatic amines is 1. The van der Waals surface area contributed by atoms with E-state index in [1.165, 1.54) is 18.3 Å². The van der Waals surface area contributed by atoms with Crippen LogP contribution in [0.2, 0.25) is 0 Å². The van der Waals surface area contributed by atoms with Gasteiger partial charge in [0.25, 0.3) is 17.4 Å². The van der Waals surface area contributed by atoms with E-state index in [2.05, 4.69) is 15.2 Å². The number of pyridine rings is 1. The normalized spacial score (nSPS) is 16.7. The van der Waals surface area contributed by atoms with Gasteiger partial charge in [-0.1, -0.05) is 6.07 Å². The smallest absolute Gasteiger partial charge is 0.272 e. The van der Waals surface area contributed by atoms with Crippen molar-refractivity contribution in [2.24, 2.45) is 0 Å². The minimum Gasteiger partial charge on any atom is -0.371 e. The van der Waals surface area contributed by atoms with Gasteiger partial charge in [-0.2, -0.15) is 10.4 Å². The number of carbonyl (C=O) groups excluding carboxylic acids is 1. The van der Waals surface area contributed by atoms with E-state index in [1.807, 2.05) is 15.9 Å². The Labute approximate surface area is 245 Å². The van der Waals surface area contributed by atoms with Crippen molar-refractivity contribution in [1.82, 2.24) is 20.1 Å². The van der Waals surface area contributed by atoms with Crippen LogP contribution in [0, 0.1) is 17.1 Å². The number of benzene rings is 2. The second kappa shape index (κ2) is 11.4. The van der Waals surface area contributed by atoms with Crippen molar-refractivity contribution in [2.45, 2.75) is 25.2 Å². The Hall–Kier alpha value is -4.92. The second-order valence-electron chi connectivity index (χ2n) is 10.9. The average molecular weight is 588 g/mol. The van der Waals surface area contributed by atoms with Crippen LogP contribution in [0.15, 0.2) is 59.5 Å². The Bertz CT molecular complexity index is 1770. The Kier molecular flexibility index (Phi) is 7.48.